The zero-order valence-corrected chi connectivity index (χ0v) is 9.08. The predicted molar refractivity (Wildman–Crippen MR) is 51.0 cm³/mol. The minimum atomic E-state index is -0.820. The third-order valence-electron chi connectivity index (χ3n) is 1.59. The van der Waals surface area contributed by atoms with Crippen LogP contribution in [0.2, 0.25) is 6.04 Å². The van der Waals surface area contributed by atoms with Crippen LogP contribution in [0.1, 0.15) is 19.8 Å². The lowest BCUT2D eigenvalue weighted by molar-refractivity contribution is -0.132. The second kappa shape index (κ2) is 7.06. The summed E-state index contributed by atoms with van der Waals surface area (Å²) in [6.45, 7) is 1.62. The van der Waals surface area contributed by atoms with Gasteiger partial charge in [-0.2, -0.15) is 0 Å². The average Bonchev–Trinajstić information content (AvgIpc) is 2.03. The van der Waals surface area contributed by atoms with Crippen LogP contribution in [0.5, 0.6) is 0 Å². The van der Waals surface area contributed by atoms with E-state index < -0.39 is 5.97 Å². The van der Waals surface area contributed by atoms with E-state index in [2.05, 4.69) is 0 Å². The van der Waals surface area contributed by atoms with Crippen molar-refractivity contribution in [3.8, 4) is 0 Å². The van der Waals surface area contributed by atoms with E-state index in [9.17, 15) is 4.79 Å². The predicted octanol–water partition coefficient (Wildman–Crippen LogP) is 0.946. The second-order valence-electron chi connectivity index (χ2n) is 2.68. The molecule has 0 saturated heterocycles. The van der Waals surface area contributed by atoms with E-state index in [1.807, 2.05) is 0 Å². The molecule has 0 aliphatic rings. The van der Waals surface area contributed by atoms with Crippen molar-refractivity contribution in [2.24, 2.45) is 0 Å². The van der Waals surface area contributed by atoms with Crippen LogP contribution in [0.3, 0.4) is 0 Å². The molecule has 0 spiro atoms. The third-order valence-corrected chi connectivity index (χ3v) is 2.79. The maximum atomic E-state index is 10.3. The van der Waals surface area contributed by atoms with Crippen LogP contribution in [-0.4, -0.2) is 27.9 Å². The summed E-state index contributed by atoms with van der Waals surface area (Å²) in [5.41, 5.74) is 0.439. The van der Waals surface area contributed by atoms with Crippen molar-refractivity contribution in [2.45, 2.75) is 25.8 Å². The van der Waals surface area contributed by atoms with Crippen LogP contribution in [-0.2, 0) is 9.22 Å². The van der Waals surface area contributed by atoms with E-state index in [4.69, 9.17) is 9.53 Å². The molecular formula is C8H16O3Si. The van der Waals surface area contributed by atoms with Crippen LogP contribution < -0.4 is 0 Å². The summed E-state index contributed by atoms with van der Waals surface area (Å²) in [6.07, 6.45) is 3.67. The fourth-order valence-corrected chi connectivity index (χ4v) is 1.58. The van der Waals surface area contributed by atoms with Gasteiger partial charge in [-0.05, 0) is 19.4 Å². The number of aliphatic carboxylic acids is 1. The molecule has 1 N–H and O–H groups in total. The number of carboxylic acid groups (broad SMARTS) is 1. The Morgan fingerprint density at radius 1 is 1.67 bits per heavy atom. The molecule has 4 heteroatoms. The van der Waals surface area contributed by atoms with E-state index in [1.165, 1.54) is 0 Å². The summed E-state index contributed by atoms with van der Waals surface area (Å²) in [5, 5.41) is 8.50. The molecule has 0 aromatic rings. The first-order valence-corrected chi connectivity index (χ1v) is 5.65. The first-order chi connectivity index (χ1) is 5.68. The second-order valence-corrected chi connectivity index (χ2v) is 4.37. The summed E-state index contributed by atoms with van der Waals surface area (Å²) in [6, 6.07) is 1.12. The summed E-state index contributed by atoms with van der Waals surface area (Å²) in [4.78, 5) is 10.3. The van der Waals surface area contributed by atoms with E-state index >= 15 is 0 Å². The number of hydrogen-bond acceptors (Lipinski definition) is 2. The van der Waals surface area contributed by atoms with E-state index in [0.717, 1.165) is 18.9 Å². The van der Waals surface area contributed by atoms with Gasteiger partial charge in [0, 0.05) is 12.7 Å². The van der Waals surface area contributed by atoms with Gasteiger partial charge in [-0.15, -0.1) is 0 Å². The fraction of sp³-hybridized carbons (Fsp3) is 0.625. The smallest absolute Gasteiger partial charge is 0.330 e. The van der Waals surface area contributed by atoms with Gasteiger partial charge in [0.1, 0.15) is 0 Å². The summed E-state index contributed by atoms with van der Waals surface area (Å²) in [5.74, 6) is -0.820. The molecule has 0 rings (SSSR count). The van der Waals surface area contributed by atoms with Crippen molar-refractivity contribution in [2.75, 3.05) is 7.11 Å². The van der Waals surface area contributed by atoms with Gasteiger partial charge >= 0.3 is 5.97 Å². The highest BCUT2D eigenvalue weighted by molar-refractivity contribution is 6.26. The van der Waals surface area contributed by atoms with Crippen molar-refractivity contribution in [3.05, 3.63) is 11.6 Å². The van der Waals surface area contributed by atoms with Gasteiger partial charge in [0.15, 0.2) is 9.76 Å². The van der Waals surface area contributed by atoms with E-state index in [-0.39, 0.29) is 9.76 Å². The van der Waals surface area contributed by atoms with Gasteiger partial charge in [-0.1, -0.05) is 12.5 Å². The molecular weight excluding hydrogens is 172 g/mol. The zero-order chi connectivity index (χ0) is 9.40. The van der Waals surface area contributed by atoms with Crippen molar-refractivity contribution < 1.29 is 14.3 Å². The van der Waals surface area contributed by atoms with Crippen LogP contribution in [0.15, 0.2) is 11.6 Å². The number of allylic oxidation sites excluding steroid dienone is 1. The SMILES string of the molecule is CO[SiH2]CCCC=C(C)C(=O)O. The number of rotatable bonds is 6. The third kappa shape index (κ3) is 6.12. The highest BCUT2D eigenvalue weighted by atomic mass is 28.2. The van der Waals surface area contributed by atoms with E-state index in [1.54, 1.807) is 20.1 Å². The van der Waals surface area contributed by atoms with Gasteiger partial charge in [0.2, 0.25) is 0 Å². The lowest BCUT2D eigenvalue weighted by Gasteiger charge is -1.95. The normalized spacial score (nSPS) is 12.7. The monoisotopic (exact) mass is 188 g/mol. The van der Waals surface area contributed by atoms with Gasteiger partial charge in [-0.3, -0.25) is 0 Å². The zero-order valence-electron chi connectivity index (χ0n) is 7.67. The van der Waals surface area contributed by atoms with Gasteiger partial charge in [-0.25, -0.2) is 4.79 Å². The minimum Gasteiger partial charge on any atom is -0.478 e. The Morgan fingerprint density at radius 2 is 2.33 bits per heavy atom. The fourth-order valence-electron chi connectivity index (χ4n) is 0.797. The van der Waals surface area contributed by atoms with Crippen LogP contribution in [0.4, 0.5) is 0 Å². The molecule has 0 bridgehead atoms. The van der Waals surface area contributed by atoms with Crippen LogP contribution in [0, 0.1) is 0 Å². The average molecular weight is 188 g/mol. The number of unbranched alkanes of at least 4 members (excludes halogenated alkanes) is 1. The van der Waals surface area contributed by atoms with Gasteiger partial charge in [0.25, 0.3) is 0 Å². The highest BCUT2D eigenvalue weighted by Gasteiger charge is 1.97. The Morgan fingerprint density at radius 3 is 2.83 bits per heavy atom. The van der Waals surface area contributed by atoms with Crippen molar-refractivity contribution in [1.29, 1.82) is 0 Å². The maximum absolute atomic E-state index is 10.3. The highest BCUT2D eigenvalue weighted by Crippen LogP contribution is 2.01. The molecule has 0 fully saturated rings. The molecule has 0 unspecified atom stereocenters. The lowest BCUT2D eigenvalue weighted by Crippen LogP contribution is -1.96. The standard InChI is InChI=1S/C8H16O3Si/c1-7(8(9)10)5-3-4-6-12-11-2/h5H,3-4,6,12H2,1-2H3,(H,9,10). The molecule has 12 heavy (non-hydrogen) atoms. The molecule has 0 aliphatic heterocycles. The van der Waals surface area contributed by atoms with Gasteiger partial charge in [0.05, 0.1) is 0 Å². The van der Waals surface area contributed by atoms with Gasteiger partial charge < -0.3 is 9.53 Å². The number of hydrogen-bond donors (Lipinski definition) is 1. The molecule has 0 aromatic heterocycles. The maximum Gasteiger partial charge on any atom is 0.330 e. The molecule has 0 heterocycles. The van der Waals surface area contributed by atoms with Crippen molar-refractivity contribution >= 4 is 15.7 Å². The first-order valence-electron chi connectivity index (χ1n) is 4.07. The molecule has 0 aliphatic carbocycles. The molecule has 0 amide bonds. The summed E-state index contributed by atoms with van der Waals surface area (Å²) < 4.78 is 5.00. The Labute approximate surface area is 75.4 Å². The Bertz CT molecular complexity index is 166. The first kappa shape index (κ1) is 11.4. The van der Waals surface area contributed by atoms with Crippen molar-refractivity contribution in [1.82, 2.24) is 0 Å². The number of carboxylic acids is 1. The molecule has 3 nitrogen and oxygen atoms in total. The Kier molecular flexibility index (Phi) is 6.70. The molecule has 70 valence electrons. The Balaban J connectivity index is 3.40. The molecule has 0 atom stereocenters. The van der Waals surface area contributed by atoms with Crippen LogP contribution >= 0.6 is 0 Å². The lowest BCUT2D eigenvalue weighted by atomic mass is 10.2. The Hall–Kier alpha value is -0.613. The number of carbonyl (C=O) groups is 1. The summed E-state index contributed by atoms with van der Waals surface area (Å²) in [7, 11) is 1.41. The van der Waals surface area contributed by atoms with Crippen molar-refractivity contribution in [3.63, 3.8) is 0 Å². The quantitative estimate of drug-likeness (QED) is 0.383. The summed E-state index contributed by atoms with van der Waals surface area (Å²) >= 11 is 0. The van der Waals surface area contributed by atoms with E-state index in [0.29, 0.717) is 5.57 Å². The largest absolute Gasteiger partial charge is 0.478 e. The molecule has 0 radical (unpaired) electrons. The topological polar surface area (TPSA) is 46.5 Å². The minimum absolute atomic E-state index is 0.319. The van der Waals surface area contributed by atoms with Crippen LogP contribution in [0.25, 0.3) is 0 Å². The molecule has 0 aromatic carbocycles. The molecule has 0 saturated carbocycles.